The zero-order chi connectivity index (χ0) is 15.4. The van der Waals surface area contributed by atoms with Crippen LogP contribution in [0.25, 0.3) is 0 Å². The Labute approximate surface area is 129 Å². The summed E-state index contributed by atoms with van der Waals surface area (Å²) in [5.74, 6) is -1.62. The molecule has 0 atom stereocenters. The number of amides is 1. The maximum Gasteiger partial charge on any atom is 0.236 e. The Morgan fingerprint density at radius 1 is 1.14 bits per heavy atom. The summed E-state index contributed by atoms with van der Waals surface area (Å²) in [7, 11) is 0. The smallest absolute Gasteiger partial charge is 0.236 e. The lowest BCUT2D eigenvalue weighted by Crippen LogP contribution is -2.22. The van der Waals surface area contributed by atoms with E-state index in [-0.39, 0.29) is 17.7 Å². The van der Waals surface area contributed by atoms with E-state index in [2.05, 4.69) is 21.2 Å². The van der Waals surface area contributed by atoms with E-state index in [1.54, 1.807) is 24.3 Å². The number of primary amides is 1. The van der Waals surface area contributed by atoms with E-state index < -0.39 is 17.5 Å². The Morgan fingerprint density at radius 2 is 1.86 bits per heavy atom. The molecular weight excluding hydrogens is 339 g/mol. The van der Waals surface area contributed by atoms with Crippen LogP contribution in [0.2, 0.25) is 0 Å². The highest BCUT2D eigenvalue weighted by atomic mass is 79.9. The van der Waals surface area contributed by atoms with Crippen molar-refractivity contribution in [1.82, 2.24) is 0 Å². The normalized spacial score (nSPS) is 10.2. The van der Waals surface area contributed by atoms with Crippen LogP contribution < -0.4 is 11.1 Å². The molecule has 0 radical (unpaired) electrons. The van der Waals surface area contributed by atoms with Gasteiger partial charge >= 0.3 is 0 Å². The average molecular weight is 351 g/mol. The molecule has 0 saturated carbocycles. The minimum atomic E-state index is -0.594. The highest BCUT2D eigenvalue weighted by Crippen LogP contribution is 2.24. The molecule has 0 aliphatic heterocycles. The van der Waals surface area contributed by atoms with Crippen molar-refractivity contribution in [3.8, 4) is 0 Å². The molecular formula is C15H12BrFN2O2. The lowest BCUT2D eigenvalue weighted by molar-refractivity contribution is -0.116. The van der Waals surface area contributed by atoms with Gasteiger partial charge in [-0.15, -0.1) is 0 Å². The topological polar surface area (TPSA) is 72.2 Å². The Morgan fingerprint density at radius 3 is 2.52 bits per heavy atom. The SMILES string of the molecule is NC(=O)CNc1ccc(Br)cc1C(=O)c1ccccc1F. The predicted octanol–water partition coefficient (Wildman–Crippen LogP) is 2.72. The van der Waals surface area contributed by atoms with Gasteiger partial charge in [-0.25, -0.2) is 4.39 Å². The Bertz CT molecular complexity index is 704. The molecule has 0 unspecified atom stereocenters. The molecule has 0 aliphatic carbocycles. The summed E-state index contributed by atoms with van der Waals surface area (Å²) >= 11 is 3.27. The predicted molar refractivity (Wildman–Crippen MR) is 81.7 cm³/mol. The minimum absolute atomic E-state index is 0.0299. The Hall–Kier alpha value is -2.21. The number of hydrogen-bond acceptors (Lipinski definition) is 3. The number of carbonyl (C=O) groups excluding carboxylic acids is 2. The van der Waals surface area contributed by atoms with Crippen molar-refractivity contribution in [2.75, 3.05) is 11.9 Å². The van der Waals surface area contributed by atoms with Gasteiger partial charge in [-0.05, 0) is 30.3 Å². The third-order valence-corrected chi connectivity index (χ3v) is 3.29. The minimum Gasteiger partial charge on any atom is -0.376 e. The monoisotopic (exact) mass is 350 g/mol. The van der Waals surface area contributed by atoms with E-state index >= 15 is 0 Å². The molecule has 0 saturated heterocycles. The lowest BCUT2D eigenvalue weighted by Gasteiger charge is -2.11. The molecule has 0 fully saturated rings. The van der Waals surface area contributed by atoms with Crippen molar-refractivity contribution in [3.63, 3.8) is 0 Å². The van der Waals surface area contributed by atoms with Gasteiger partial charge in [0.05, 0.1) is 12.1 Å². The molecule has 2 rings (SSSR count). The van der Waals surface area contributed by atoms with E-state index in [1.807, 2.05) is 0 Å². The van der Waals surface area contributed by atoms with Crippen LogP contribution in [0.15, 0.2) is 46.9 Å². The van der Waals surface area contributed by atoms with Gasteiger partial charge in [0.15, 0.2) is 5.78 Å². The van der Waals surface area contributed by atoms with Crippen molar-refractivity contribution in [2.24, 2.45) is 5.73 Å². The van der Waals surface area contributed by atoms with Crippen molar-refractivity contribution < 1.29 is 14.0 Å². The molecule has 0 heterocycles. The second-order valence-electron chi connectivity index (χ2n) is 4.32. The number of nitrogens with two attached hydrogens (primary N) is 1. The van der Waals surface area contributed by atoms with Crippen molar-refractivity contribution in [2.45, 2.75) is 0 Å². The van der Waals surface area contributed by atoms with Crippen LogP contribution in [0, 0.1) is 5.82 Å². The summed E-state index contributed by atoms with van der Waals surface area (Å²) in [6, 6.07) is 10.6. The largest absolute Gasteiger partial charge is 0.376 e. The Kier molecular flexibility index (Phi) is 4.70. The number of carbonyl (C=O) groups is 2. The van der Waals surface area contributed by atoms with Crippen LogP contribution in [-0.4, -0.2) is 18.2 Å². The molecule has 0 bridgehead atoms. The molecule has 2 aromatic rings. The number of rotatable bonds is 5. The zero-order valence-corrected chi connectivity index (χ0v) is 12.5. The van der Waals surface area contributed by atoms with Gasteiger partial charge in [0, 0.05) is 15.7 Å². The molecule has 0 aromatic heterocycles. The number of ketones is 1. The van der Waals surface area contributed by atoms with Crippen LogP contribution in [0.1, 0.15) is 15.9 Å². The molecule has 0 spiro atoms. The molecule has 21 heavy (non-hydrogen) atoms. The fraction of sp³-hybridized carbons (Fsp3) is 0.0667. The van der Waals surface area contributed by atoms with Crippen LogP contribution in [0.5, 0.6) is 0 Å². The summed E-state index contributed by atoms with van der Waals surface area (Å²) < 4.78 is 14.4. The summed E-state index contributed by atoms with van der Waals surface area (Å²) in [5, 5.41) is 2.77. The van der Waals surface area contributed by atoms with Gasteiger partial charge < -0.3 is 11.1 Å². The van der Waals surface area contributed by atoms with E-state index in [0.29, 0.717) is 10.2 Å². The first kappa shape index (κ1) is 15.2. The van der Waals surface area contributed by atoms with Crippen LogP contribution in [0.4, 0.5) is 10.1 Å². The first-order valence-corrected chi connectivity index (χ1v) is 6.89. The van der Waals surface area contributed by atoms with Crippen molar-refractivity contribution in [3.05, 3.63) is 63.9 Å². The molecule has 108 valence electrons. The van der Waals surface area contributed by atoms with Gasteiger partial charge in [0.1, 0.15) is 5.82 Å². The summed E-state index contributed by atoms with van der Waals surface area (Å²) in [5.41, 5.74) is 5.73. The fourth-order valence-corrected chi connectivity index (χ4v) is 2.19. The number of nitrogens with one attached hydrogen (secondary N) is 1. The second kappa shape index (κ2) is 6.49. The Balaban J connectivity index is 2.42. The maximum absolute atomic E-state index is 13.7. The van der Waals surface area contributed by atoms with E-state index in [1.165, 1.54) is 18.2 Å². The van der Waals surface area contributed by atoms with E-state index in [0.717, 1.165) is 0 Å². The first-order chi connectivity index (χ1) is 9.99. The van der Waals surface area contributed by atoms with E-state index in [9.17, 15) is 14.0 Å². The number of benzene rings is 2. The van der Waals surface area contributed by atoms with Crippen molar-refractivity contribution >= 4 is 33.3 Å². The summed E-state index contributed by atoms with van der Waals surface area (Å²) in [6.07, 6.45) is 0. The number of halogens is 2. The molecule has 6 heteroatoms. The molecule has 3 N–H and O–H groups in total. The summed E-state index contributed by atoms with van der Waals surface area (Å²) in [6.45, 7) is -0.112. The van der Waals surface area contributed by atoms with Crippen LogP contribution >= 0.6 is 15.9 Å². The van der Waals surface area contributed by atoms with Gasteiger partial charge in [-0.1, -0.05) is 28.1 Å². The fourth-order valence-electron chi connectivity index (χ4n) is 1.83. The van der Waals surface area contributed by atoms with Gasteiger partial charge in [-0.2, -0.15) is 0 Å². The average Bonchev–Trinajstić information content (AvgIpc) is 2.45. The second-order valence-corrected chi connectivity index (χ2v) is 5.23. The summed E-state index contributed by atoms with van der Waals surface area (Å²) in [4.78, 5) is 23.3. The third-order valence-electron chi connectivity index (χ3n) is 2.80. The van der Waals surface area contributed by atoms with Gasteiger partial charge in [-0.3, -0.25) is 9.59 Å². The first-order valence-electron chi connectivity index (χ1n) is 6.10. The number of hydrogen-bond donors (Lipinski definition) is 2. The molecule has 0 aliphatic rings. The van der Waals surface area contributed by atoms with Crippen LogP contribution in [0.3, 0.4) is 0 Å². The highest BCUT2D eigenvalue weighted by Gasteiger charge is 2.17. The molecule has 2 aromatic carbocycles. The highest BCUT2D eigenvalue weighted by molar-refractivity contribution is 9.10. The molecule has 1 amide bonds. The van der Waals surface area contributed by atoms with Crippen molar-refractivity contribution in [1.29, 1.82) is 0 Å². The molecule has 4 nitrogen and oxygen atoms in total. The maximum atomic E-state index is 13.7. The van der Waals surface area contributed by atoms with Gasteiger partial charge in [0.2, 0.25) is 5.91 Å². The lowest BCUT2D eigenvalue weighted by atomic mass is 10.0. The van der Waals surface area contributed by atoms with E-state index in [4.69, 9.17) is 5.73 Å². The zero-order valence-electron chi connectivity index (χ0n) is 10.9. The number of anilines is 1. The third kappa shape index (κ3) is 3.66. The quantitative estimate of drug-likeness (QED) is 0.814. The van der Waals surface area contributed by atoms with Gasteiger partial charge in [0.25, 0.3) is 0 Å². The van der Waals surface area contributed by atoms with Crippen LogP contribution in [-0.2, 0) is 4.79 Å². The standard InChI is InChI=1S/C15H12BrFN2O2/c16-9-5-6-13(19-8-14(18)20)11(7-9)15(21)10-3-1-2-4-12(10)17/h1-7,19H,8H2,(H2,18,20).